The maximum absolute atomic E-state index is 5.81. The normalized spacial score (nSPS) is 14.9. The zero-order valence-electron chi connectivity index (χ0n) is 16.1. The van der Waals surface area contributed by atoms with Crippen molar-refractivity contribution in [1.29, 1.82) is 0 Å². The van der Waals surface area contributed by atoms with Crippen molar-refractivity contribution in [2.24, 2.45) is 4.99 Å². The number of aromatic nitrogens is 1. The van der Waals surface area contributed by atoms with E-state index in [-0.39, 0.29) is 11.5 Å². The quantitative estimate of drug-likeness (QED) is 0.640. The van der Waals surface area contributed by atoms with Crippen LogP contribution in [-0.2, 0) is 12.0 Å². The first-order valence-corrected chi connectivity index (χ1v) is 8.78. The molecule has 0 saturated carbocycles. The van der Waals surface area contributed by atoms with Crippen molar-refractivity contribution in [3.63, 3.8) is 0 Å². The number of nitrogens with one attached hydrogen (secondary N) is 2. The third kappa shape index (κ3) is 5.34. The number of nitrogens with zero attached hydrogens (tertiary/aromatic N) is 2. The zero-order chi connectivity index (χ0) is 18.4. The summed E-state index contributed by atoms with van der Waals surface area (Å²) >= 11 is 0. The predicted molar refractivity (Wildman–Crippen MR) is 103 cm³/mol. The number of rotatable bonds is 5. The third-order valence-electron chi connectivity index (χ3n) is 4.36. The lowest BCUT2D eigenvalue weighted by molar-refractivity contribution is 0.379. The van der Waals surface area contributed by atoms with Crippen LogP contribution in [0.5, 0.6) is 0 Å². The maximum atomic E-state index is 5.81. The summed E-state index contributed by atoms with van der Waals surface area (Å²) in [5.41, 5.74) is 1.27. The Bertz CT molecular complexity index is 685. The standard InChI is InChI=1S/C20H30N4O/c1-14(16-10-8-7-9-11-16)15(2)24-19(21-6)23-13-18-22-12-17(25-18)20(3,4)5/h7-12,14-15H,13H2,1-6H3,(H2,21,23,24). The van der Waals surface area contributed by atoms with Crippen molar-refractivity contribution in [2.45, 2.75) is 58.5 Å². The molecule has 0 aliphatic heterocycles. The number of guanidine groups is 1. The van der Waals surface area contributed by atoms with Crippen molar-refractivity contribution in [1.82, 2.24) is 15.6 Å². The van der Waals surface area contributed by atoms with Crippen LogP contribution in [0.1, 0.15) is 57.8 Å². The van der Waals surface area contributed by atoms with Crippen LogP contribution < -0.4 is 10.6 Å². The van der Waals surface area contributed by atoms with E-state index in [2.05, 4.69) is 79.5 Å². The van der Waals surface area contributed by atoms with Gasteiger partial charge in [-0.3, -0.25) is 4.99 Å². The molecule has 136 valence electrons. The lowest BCUT2D eigenvalue weighted by Gasteiger charge is -2.23. The van der Waals surface area contributed by atoms with Gasteiger partial charge in [-0.25, -0.2) is 4.98 Å². The summed E-state index contributed by atoms with van der Waals surface area (Å²) in [5, 5.41) is 6.71. The van der Waals surface area contributed by atoms with Gasteiger partial charge in [0.15, 0.2) is 5.96 Å². The molecule has 1 heterocycles. The van der Waals surface area contributed by atoms with E-state index in [1.54, 1.807) is 13.2 Å². The molecular weight excluding hydrogens is 312 g/mol. The first-order valence-electron chi connectivity index (χ1n) is 8.78. The second-order valence-corrected chi connectivity index (χ2v) is 7.43. The smallest absolute Gasteiger partial charge is 0.213 e. The van der Waals surface area contributed by atoms with Crippen molar-refractivity contribution in [2.75, 3.05) is 7.05 Å². The molecule has 5 heteroatoms. The monoisotopic (exact) mass is 342 g/mol. The summed E-state index contributed by atoms with van der Waals surface area (Å²) in [4.78, 5) is 8.64. The molecule has 0 aliphatic carbocycles. The minimum absolute atomic E-state index is 0.0369. The Morgan fingerprint density at radius 1 is 1.20 bits per heavy atom. The Kier molecular flexibility index (Phi) is 6.23. The van der Waals surface area contributed by atoms with Crippen LogP contribution in [0.4, 0.5) is 0 Å². The van der Waals surface area contributed by atoms with Gasteiger partial charge in [0.25, 0.3) is 0 Å². The van der Waals surface area contributed by atoms with Crippen molar-refractivity contribution < 1.29 is 4.42 Å². The van der Waals surface area contributed by atoms with Gasteiger partial charge < -0.3 is 15.1 Å². The van der Waals surface area contributed by atoms with Gasteiger partial charge in [-0.05, 0) is 12.5 Å². The van der Waals surface area contributed by atoms with E-state index >= 15 is 0 Å². The lowest BCUT2D eigenvalue weighted by atomic mass is 9.94. The van der Waals surface area contributed by atoms with Crippen LogP contribution in [0.25, 0.3) is 0 Å². The first-order chi connectivity index (χ1) is 11.8. The Labute approximate surface area is 151 Å². The molecule has 0 bridgehead atoms. The average molecular weight is 342 g/mol. The molecule has 0 aliphatic rings. The first kappa shape index (κ1) is 19.0. The Morgan fingerprint density at radius 2 is 1.88 bits per heavy atom. The molecule has 1 aromatic carbocycles. The minimum Gasteiger partial charge on any atom is -0.443 e. The molecule has 5 nitrogen and oxygen atoms in total. The second-order valence-electron chi connectivity index (χ2n) is 7.43. The number of aliphatic imine (C=N–C) groups is 1. The van der Waals surface area contributed by atoms with E-state index in [4.69, 9.17) is 4.42 Å². The third-order valence-corrected chi connectivity index (χ3v) is 4.36. The highest BCUT2D eigenvalue weighted by Crippen LogP contribution is 2.22. The van der Waals surface area contributed by atoms with Gasteiger partial charge >= 0.3 is 0 Å². The van der Waals surface area contributed by atoms with Gasteiger partial charge in [0.1, 0.15) is 5.76 Å². The SMILES string of the molecule is CN=C(NCc1ncc(C(C)(C)C)o1)NC(C)C(C)c1ccccc1. The Balaban J connectivity index is 1.91. The number of oxazole rings is 1. The van der Waals surface area contributed by atoms with E-state index in [1.165, 1.54) is 5.56 Å². The van der Waals surface area contributed by atoms with E-state index in [1.807, 2.05) is 6.07 Å². The molecule has 1 aromatic heterocycles. The summed E-state index contributed by atoms with van der Waals surface area (Å²) in [6.45, 7) is 11.2. The molecule has 2 N–H and O–H groups in total. The summed E-state index contributed by atoms with van der Waals surface area (Å²) in [6.07, 6.45) is 1.80. The van der Waals surface area contributed by atoms with E-state index in [0.717, 1.165) is 11.7 Å². The highest BCUT2D eigenvalue weighted by Gasteiger charge is 2.19. The molecule has 0 saturated heterocycles. The summed E-state index contributed by atoms with van der Waals surface area (Å²) in [7, 11) is 1.77. The highest BCUT2D eigenvalue weighted by molar-refractivity contribution is 5.79. The highest BCUT2D eigenvalue weighted by atomic mass is 16.4. The van der Waals surface area contributed by atoms with E-state index < -0.39 is 0 Å². The molecule has 0 fully saturated rings. The van der Waals surface area contributed by atoms with Gasteiger partial charge in [-0.15, -0.1) is 0 Å². The van der Waals surface area contributed by atoms with Crippen LogP contribution in [0, 0.1) is 0 Å². The van der Waals surface area contributed by atoms with Crippen LogP contribution >= 0.6 is 0 Å². The molecule has 2 aromatic rings. The number of benzene rings is 1. The molecule has 2 rings (SSSR count). The Hall–Kier alpha value is -2.30. The van der Waals surface area contributed by atoms with Gasteiger partial charge in [-0.2, -0.15) is 0 Å². The topological polar surface area (TPSA) is 62.5 Å². The molecule has 0 amide bonds. The van der Waals surface area contributed by atoms with Gasteiger partial charge in [0.2, 0.25) is 5.89 Å². The average Bonchev–Trinajstić information content (AvgIpc) is 3.08. The summed E-state index contributed by atoms with van der Waals surface area (Å²) < 4.78 is 5.81. The van der Waals surface area contributed by atoms with E-state index in [0.29, 0.717) is 18.4 Å². The molecule has 25 heavy (non-hydrogen) atoms. The van der Waals surface area contributed by atoms with Crippen molar-refractivity contribution >= 4 is 5.96 Å². The van der Waals surface area contributed by atoms with Gasteiger partial charge in [0, 0.05) is 24.4 Å². The Morgan fingerprint density at radius 3 is 2.44 bits per heavy atom. The molecule has 2 unspecified atom stereocenters. The number of hydrogen-bond donors (Lipinski definition) is 2. The van der Waals surface area contributed by atoms with Crippen LogP contribution in [0.3, 0.4) is 0 Å². The fourth-order valence-corrected chi connectivity index (χ4v) is 2.48. The molecule has 2 atom stereocenters. The van der Waals surface area contributed by atoms with Crippen LogP contribution in [0.15, 0.2) is 45.9 Å². The second kappa shape index (κ2) is 8.19. The van der Waals surface area contributed by atoms with Crippen LogP contribution in [0.2, 0.25) is 0 Å². The predicted octanol–water partition coefficient (Wildman–Crippen LogP) is 3.83. The number of hydrogen-bond acceptors (Lipinski definition) is 3. The minimum atomic E-state index is -0.0369. The van der Waals surface area contributed by atoms with E-state index in [9.17, 15) is 0 Å². The summed E-state index contributed by atoms with van der Waals surface area (Å²) in [5.74, 6) is 2.66. The summed E-state index contributed by atoms with van der Waals surface area (Å²) in [6, 6.07) is 10.7. The lowest BCUT2D eigenvalue weighted by Crippen LogP contribution is -2.43. The molecule has 0 spiro atoms. The molecular formula is C20H30N4O. The maximum Gasteiger partial charge on any atom is 0.213 e. The van der Waals surface area contributed by atoms with Crippen molar-refractivity contribution in [3.8, 4) is 0 Å². The van der Waals surface area contributed by atoms with Gasteiger partial charge in [-0.1, -0.05) is 58.0 Å². The van der Waals surface area contributed by atoms with Crippen LogP contribution in [-0.4, -0.2) is 24.0 Å². The fraction of sp³-hybridized carbons (Fsp3) is 0.500. The van der Waals surface area contributed by atoms with Gasteiger partial charge in [0.05, 0.1) is 12.7 Å². The zero-order valence-corrected chi connectivity index (χ0v) is 16.1. The fourth-order valence-electron chi connectivity index (χ4n) is 2.48. The van der Waals surface area contributed by atoms with Crippen molar-refractivity contribution in [3.05, 3.63) is 53.7 Å². The molecule has 0 radical (unpaired) electrons. The largest absolute Gasteiger partial charge is 0.443 e.